The highest BCUT2D eigenvalue weighted by atomic mass is 32.1. The Kier molecular flexibility index (Phi) is 2.58. The van der Waals surface area contributed by atoms with Gasteiger partial charge in [0, 0.05) is 15.0 Å². The Bertz CT molecular complexity index is 835. The molecule has 1 heteroatoms. The molecule has 0 bridgehead atoms. The molecular weight excluding hydrogens is 260 g/mol. The molecule has 0 nitrogen and oxygen atoms in total. The van der Waals surface area contributed by atoms with E-state index in [9.17, 15) is 0 Å². The smallest absolute Gasteiger partial charge is 0.0357 e. The van der Waals surface area contributed by atoms with E-state index in [1.807, 2.05) is 11.3 Å². The van der Waals surface area contributed by atoms with Crippen LogP contribution >= 0.6 is 11.3 Å². The molecule has 2 aromatic carbocycles. The maximum absolute atomic E-state index is 2.37. The molecule has 3 aromatic rings. The predicted octanol–water partition coefficient (Wildman–Crippen LogP) is 5.84. The van der Waals surface area contributed by atoms with Gasteiger partial charge >= 0.3 is 0 Å². The number of rotatable bonds is 1. The summed E-state index contributed by atoms with van der Waals surface area (Å²) in [6.07, 6.45) is 3.43. The average Bonchev–Trinajstić information content (AvgIpc) is 2.97. The third kappa shape index (κ3) is 1.74. The van der Waals surface area contributed by atoms with Gasteiger partial charge in [-0.2, -0.15) is 0 Å². The normalized spacial score (nSPS) is 13.6. The van der Waals surface area contributed by atoms with E-state index in [0.29, 0.717) is 0 Å². The first-order chi connectivity index (χ1) is 9.72. The van der Waals surface area contributed by atoms with Crippen LogP contribution in [-0.4, -0.2) is 0 Å². The van der Waals surface area contributed by atoms with Crippen molar-refractivity contribution in [3.63, 3.8) is 0 Å². The molecule has 0 spiro atoms. The number of fused-ring (bicyclic) bond motifs is 2. The van der Waals surface area contributed by atoms with E-state index in [0.717, 1.165) is 6.42 Å². The Hall–Kier alpha value is -1.86. The van der Waals surface area contributed by atoms with Crippen LogP contribution in [-0.2, 0) is 6.42 Å². The van der Waals surface area contributed by atoms with Crippen LogP contribution in [0.5, 0.6) is 0 Å². The number of hydrogen-bond donors (Lipinski definition) is 0. The Morgan fingerprint density at radius 2 is 1.80 bits per heavy atom. The predicted molar refractivity (Wildman–Crippen MR) is 89.4 cm³/mol. The lowest BCUT2D eigenvalue weighted by molar-refractivity contribution is 1.20. The van der Waals surface area contributed by atoms with E-state index in [-0.39, 0.29) is 0 Å². The van der Waals surface area contributed by atoms with Gasteiger partial charge in [0.05, 0.1) is 0 Å². The molecule has 0 aliphatic heterocycles. The zero-order chi connectivity index (χ0) is 13.7. The maximum atomic E-state index is 2.37. The SMILES string of the molecule is CC1=Cc2cc3sc(C)cc3c(-c3ccccc3)c2C1. The van der Waals surface area contributed by atoms with Crippen molar-refractivity contribution in [1.82, 2.24) is 0 Å². The van der Waals surface area contributed by atoms with Crippen LogP contribution in [0, 0.1) is 6.92 Å². The summed E-state index contributed by atoms with van der Waals surface area (Å²) in [6, 6.07) is 15.5. The van der Waals surface area contributed by atoms with E-state index in [1.165, 1.54) is 42.8 Å². The van der Waals surface area contributed by atoms with Crippen molar-refractivity contribution in [3.8, 4) is 11.1 Å². The summed E-state index contributed by atoms with van der Waals surface area (Å²) >= 11 is 1.90. The summed E-state index contributed by atoms with van der Waals surface area (Å²) in [7, 11) is 0. The Labute approximate surface area is 123 Å². The molecule has 1 aliphatic rings. The summed E-state index contributed by atoms with van der Waals surface area (Å²) in [5, 5.41) is 1.42. The monoisotopic (exact) mass is 276 g/mol. The van der Waals surface area contributed by atoms with Gasteiger partial charge in [0.25, 0.3) is 0 Å². The molecule has 20 heavy (non-hydrogen) atoms. The van der Waals surface area contributed by atoms with Crippen LogP contribution < -0.4 is 0 Å². The van der Waals surface area contributed by atoms with E-state index in [4.69, 9.17) is 0 Å². The molecule has 0 saturated heterocycles. The Morgan fingerprint density at radius 3 is 2.60 bits per heavy atom. The van der Waals surface area contributed by atoms with Gasteiger partial charge in [0.15, 0.2) is 0 Å². The summed E-state index contributed by atoms with van der Waals surface area (Å²) in [6.45, 7) is 4.43. The molecule has 1 heterocycles. The highest BCUT2D eigenvalue weighted by molar-refractivity contribution is 7.19. The third-order valence-electron chi connectivity index (χ3n) is 4.01. The van der Waals surface area contributed by atoms with Crippen LogP contribution in [0.3, 0.4) is 0 Å². The highest BCUT2D eigenvalue weighted by Gasteiger charge is 2.19. The summed E-state index contributed by atoms with van der Waals surface area (Å²) in [4.78, 5) is 1.39. The van der Waals surface area contributed by atoms with Gasteiger partial charge in [-0.05, 0) is 54.7 Å². The number of thiophene rings is 1. The van der Waals surface area contributed by atoms with Crippen LogP contribution in [0.2, 0.25) is 0 Å². The van der Waals surface area contributed by atoms with Crippen molar-refractivity contribution in [1.29, 1.82) is 0 Å². The maximum Gasteiger partial charge on any atom is 0.0357 e. The lowest BCUT2D eigenvalue weighted by Crippen LogP contribution is -1.90. The fourth-order valence-electron chi connectivity index (χ4n) is 3.22. The first-order valence-corrected chi connectivity index (χ1v) is 7.82. The van der Waals surface area contributed by atoms with Crippen LogP contribution in [0.4, 0.5) is 0 Å². The number of hydrogen-bond acceptors (Lipinski definition) is 1. The van der Waals surface area contributed by atoms with E-state index in [1.54, 1.807) is 0 Å². The lowest BCUT2D eigenvalue weighted by Gasteiger charge is -2.11. The van der Waals surface area contributed by atoms with Crippen LogP contribution in [0.1, 0.15) is 22.9 Å². The van der Waals surface area contributed by atoms with Crippen molar-refractivity contribution >= 4 is 27.5 Å². The van der Waals surface area contributed by atoms with Gasteiger partial charge < -0.3 is 0 Å². The quantitative estimate of drug-likeness (QED) is 0.524. The third-order valence-corrected chi connectivity index (χ3v) is 5.01. The molecule has 0 unspecified atom stereocenters. The van der Waals surface area contributed by atoms with Gasteiger partial charge in [-0.3, -0.25) is 0 Å². The average molecular weight is 276 g/mol. The molecule has 0 N–H and O–H groups in total. The van der Waals surface area contributed by atoms with Crippen molar-refractivity contribution < 1.29 is 0 Å². The minimum atomic E-state index is 1.09. The minimum absolute atomic E-state index is 1.09. The first kappa shape index (κ1) is 11.9. The zero-order valence-electron chi connectivity index (χ0n) is 11.7. The molecule has 1 aliphatic carbocycles. The molecule has 4 rings (SSSR count). The molecule has 0 atom stereocenters. The topological polar surface area (TPSA) is 0 Å². The fourth-order valence-corrected chi connectivity index (χ4v) is 4.20. The summed E-state index contributed by atoms with van der Waals surface area (Å²) < 4.78 is 1.41. The van der Waals surface area contributed by atoms with E-state index < -0.39 is 0 Å². The molecular formula is C19H16S. The number of allylic oxidation sites excluding steroid dienone is 1. The Morgan fingerprint density at radius 1 is 1.00 bits per heavy atom. The number of aryl methyl sites for hydroxylation is 1. The second-order valence-electron chi connectivity index (χ2n) is 5.62. The molecule has 0 amide bonds. The first-order valence-electron chi connectivity index (χ1n) is 7.01. The van der Waals surface area contributed by atoms with Crippen molar-refractivity contribution in [2.24, 2.45) is 0 Å². The van der Waals surface area contributed by atoms with Gasteiger partial charge in [0.1, 0.15) is 0 Å². The molecule has 98 valence electrons. The van der Waals surface area contributed by atoms with Gasteiger partial charge in [-0.1, -0.05) is 42.0 Å². The highest BCUT2D eigenvalue weighted by Crippen LogP contribution is 2.42. The van der Waals surface area contributed by atoms with Gasteiger partial charge in [-0.15, -0.1) is 11.3 Å². The zero-order valence-corrected chi connectivity index (χ0v) is 12.6. The Balaban J connectivity index is 2.11. The van der Waals surface area contributed by atoms with Crippen molar-refractivity contribution in [2.75, 3.05) is 0 Å². The second kappa shape index (κ2) is 4.32. The summed E-state index contributed by atoms with van der Waals surface area (Å²) in [5.74, 6) is 0. The van der Waals surface area contributed by atoms with Gasteiger partial charge in [-0.25, -0.2) is 0 Å². The molecule has 1 aromatic heterocycles. The lowest BCUT2D eigenvalue weighted by atomic mass is 9.93. The van der Waals surface area contributed by atoms with Crippen LogP contribution in [0.25, 0.3) is 27.3 Å². The van der Waals surface area contributed by atoms with Crippen LogP contribution in [0.15, 0.2) is 48.0 Å². The molecule has 0 radical (unpaired) electrons. The molecule has 0 saturated carbocycles. The van der Waals surface area contributed by atoms with E-state index in [2.05, 4.69) is 62.4 Å². The second-order valence-corrected chi connectivity index (χ2v) is 6.91. The van der Waals surface area contributed by atoms with E-state index >= 15 is 0 Å². The number of benzene rings is 2. The van der Waals surface area contributed by atoms with Gasteiger partial charge in [0.2, 0.25) is 0 Å². The largest absolute Gasteiger partial charge is 0.141 e. The molecule has 0 fully saturated rings. The van der Waals surface area contributed by atoms with Crippen molar-refractivity contribution in [3.05, 3.63) is 64.0 Å². The minimum Gasteiger partial charge on any atom is -0.141 e. The van der Waals surface area contributed by atoms with Crippen molar-refractivity contribution in [2.45, 2.75) is 20.3 Å². The summed E-state index contributed by atoms with van der Waals surface area (Å²) in [5.41, 5.74) is 7.16. The standard InChI is InChI=1S/C19H16S/c1-12-8-15-11-18-17(10-13(2)20-18)19(16(15)9-12)14-6-4-3-5-7-14/h3-8,10-11H,9H2,1-2H3. The fraction of sp³-hybridized carbons (Fsp3) is 0.158.